The van der Waals surface area contributed by atoms with E-state index in [1.807, 2.05) is 12.1 Å². The number of hydrogen-bond acceptors (Lipinski definition) is 6. The molecule has 3 rings (SSSR count). The monoisotopic (exact) mass is 472 g/mol. The van der Waals surface area contributed by atoms with Crippen LogP contribution in [0.15, 0.2) is 30.3 Å². The lowest BCUT2D eigenvalue weighted by molar-refractivity contribution is -0.0901. The molecule has 3 N–H and O–H groups in total. The number of nitrogens with one attached hydrogen (secondary N) is 1. The van der Waals surface area contributed by atoms with Crippen LogP contribution in [0.5, 0.6) is 28.7 Å². The first-order valence-electron chi connectivity index (χ1n) is 9.80. The molecule has 1 amide bonds. The summed E-state index contributed by atoms with van der Waals surface area (Å²) < 4.78 is 48.5. The molecule has 1 aliphatic rings. The summed E-state index contributed by atoms with van der Waals surface area (Å²) in [6.45, 7) is 0.537. The molecule has 2 aromatic carbocycles. The second kappa shape index (κ2) is 10.7. The van der Waals surface area contributed by atoms with Crippen molar-refractivity contribution in [2.45, 2.75) is 31.2 Å². The molecule has 0 unspecified atom stereocenters. The number of carbonyl (C=O) groups excluding carboxylic acids is 1. The quantitative estimate of drug-likeness (QED) is 0.574. The van der Waals surface area contributed by atoms with E-state index in [0.29, 0.717) is 12.3 Å². The molecule has 1 aliphatic carbocycles. The molecule has 0 bridgehead atoms. The third-order valence-corrected chi connectivity index (χ3v) is 5.02. The van der Waals surface area contributed by atoms with Crippen molar-refractivity contribution in [3.63, 3.8) is 0 Å². The molecular formula is C22H27ClF2N2O5. The van der Waals surface area contributed by atoms with E-state index in [1.54, 1.807) is 12.1 Å². The van der Waals surface area contributed by atoms with Crippen LogP contribution in [0.4, 0.5) is 8.78 Å². The van der Waals surface area contributed by atoms with Crippen LogP contribution in [0.1, 0.15) is 28.8 Å². The van der Waals surface area contributed by atoms with Crippen molar-refractivity contribution >= 4 is 18.3 Å². The van der Waals surface area contributed by atoms with Gasteiger partial charge in [-0.25, -0.2) is 8.78 Å². The van der Waals surface area contributed by atoms with Gasteiger partial charge in [0.1, 0.15) is 5.75 Å². The maximum Gasteiger partial charge on any atom is 0.255 e. The fraction of sp³-hybridized carbons (Fsp3) is 0.409. The third-order valence-electron chi connectivity index (χ3n) is 5.02. The summed E-state index contributed by atoms with van der Waals surface area (Å²) >= 11 is 0. The van der Waals surface area contributed by atoms with Crippen LogP contribution in [-0.4, -0.2) is 45.7 Å². The van der Waals surface area contributed by atoms with Crippen molar-refractivity contribution in [2.24, 2.45) is 5.73 Å². The van der Waals surface area contributed by atoms with E-state index in [-0.39, 0.29) is 41.0 Å². The molecule has 0 spiro atoms. The van der Waals surface area contributed by atoms with E-state index >= 15 is 0 Å². The third kappa shape index (κ3) is 5.52. The molecule has 1 fully saturated rings. The van der Waals surface area contributed by atoms with Gasteiger partial charge in [-0.3, -0.25) is 4.79 Å². The average molecular weight is 473 g/mol. The van der Waals surface area contributed by atoms with Crippen molar-refractivity contribution in [3.05, 3.63) is 41.5 Å². The molecule has 32 heavy (non-hydrogen) atoms. The lowest BCUT2D eigenvalue weighted by Gasteiger charge is -2.35. The summed E-state index contributed by atoms with van der Waals surface area (Å²) in [5, 5.41) is 2.60. The predicted molar refractivity (Wildman–Crippen MR) is 118 cm³/mol. The zero-order valence-corrected chi connectivity index (χ0v) is 18.9. The minimum absolute atomic E-state index is 0. The maximum atomic E-state index is 13.1. The highest BCUT2D eigenvalue weighted by atomic mass is 35.5. The molecule has 1 saturated carbocycles. The number of amides is 1. The molecule has 10 heteroatoms. The molecule has 0 atom stereocenters. The molecule has 2 aromatic rings. The summed E-state index contributed by atoms with van der Waals surface area (Å²) in [7, 11) is 4.22. The van der Waals surface area contributed by atoms with Gasteiger partial charge in [-0.2, -0.15) is 0 Å². The van der Waals surface area contributed by atoms with Crippen molar-refractivity contribution in [1.29, 1.82) is 0 Å². The normalized spacial score (nSPS) is 14.6. The van der Waals surface area contributed by atoms with E-state index in [1.165, 1.54) is 27.4 Å². The van der Waals surface area contributed by atoms with Gasteiger partial charge in [0.15, 0.2) is 11.5 Å². The number of nitrogens with two attached hydrogens (primary N) is 1. The zero-order valence-electron chi connectivity index (χ0n) is 18.1. The van der Waals surface area contributed by atoms with Gasteiger partial charge in [0.05, 0.1) is 26.9 Å². The number of halogens is 3. The van der Waals surface area contributed by atoms with Crippen LogP contribution in [0.3, 0.4) is 0 Å². The molecule has 0 saturated heterocycles. The Kier molecular flexibility index (Phi) is 8.51. The lowest BCUT2D eigenvalue weighted by Crippen LogP contribution is -2.50. The standard InChI is InChI=1S/C22H26F2N2O5.ClH/c1-28-18-16(21(27)26-14-11-22(23,24)12-14)10-17(19(29-2)20(18)30-3)31-15-6-4-13(5-7-15)8-9-25;/h4-7,10,14H,8-9,11-12,25H2,1-3H3,(H,26,27);1H. The predicted octanol–water partition coefficient (Wildman–Crippen LogP) is 3.96. The second-order valence-corrected chi connectivity index (χ2v) is 7.24. The van der Waals surface area contributed by atoms with Crippen molar-refractivity contribution in [3.8, 4) is 28.7 Å². The van der Waals surface area contributed by atoms with E-state index in [4.69, 9.17) is 24.7 Å². The number of methoxy groups -OCH3 is 3. The number of ether oxygens (including phenoxy) is 4. The number of hydrogen-bond donors (Lipinski definition) is 2. The Labute approximate surface area is 191 Å². The highest BCUT2D eigenvalue weighted by Crippen LogP contribution is 2.48. The van der Waals surface area contributed by atoms with Crippen LogP contribution < -0.4 is 30.0 Å². The summed E-state index contributed by atoms with van der Waals surface area (Å²) in [5.41, 5.74) is 6.72. The van der Waals surface area contributed by atoms with E-state index in [9.17, 15) is 13.6 Å². The molecule has 176 valence electrons. The Morgan fingerprint density at radius 3 is 2.16 bits per heavy atom. The second-order valence-electron chi connectivity index (χ2n) is 7.24. The van der Waals surface area contributed by atoms with Gasteiger partial charge in [-0.15, -0.1) is 12.4 Å². The molecule has 0 aliphatic heterocycles. The van der Waals surface area contributed by atoms with Crippen molar-refractivity contribution < 1.29 is 32.5 Å². The summed E-state index contributed by atoms with van der Waals surface area (Å²) in [5.74, 6) is -2.07. The van der Waals surface area contributed by atoms with E-state index in [2.05, 4.69) is 5.32 Å². The number of alkyl halides is 2. The molecule has 0 aromatic heterocycles. The largest absolute Gasteiger partial charge is 0.492 e. The zero-order chi connectivity index (χ0) is 22.6. The first-order valence-corrected chi connectivity index (χ1v) is 9.80. The Morgan fingerprint density at radius 2 is 1.66 bits per heavy atom. The minimum atomic E-state index is -2.75. The molecule has 7 nitrogen and oxygen atoms in total. The smallest absolute Gasteiger partial charge is 0.255 e. The first-order chi connectivity index (χ1) is 14.8. The molecule has 0 heterocycles. The number of rotatable bonds is 9. The van der Waals surface area contributed by atoms with Gasteiger partial charge in [0.2, 0.25) is 11.5 Å². The highest BCUT2D eigenvalue weighted by molar-refractivity contribution is 5.99. The Morgan fingerprint density at radius 1 is 1.06 bits per heavy atom. The lowest BCUT2D eigenvalue weighted by atomic mass is 9.88. The molecule has 0 radical (unpaired) electrons. The Bertz CT molecular complexity index is 933. The van der Waals surface area contributed by atoms with Gasteiger partial charge < -0.3 is 30.0 Å². The fourth-order valence-corrected chi connectivity index (χ4v) is 3.47. The van der Waals surface area contributed by atoms with Crippen molar-refractivity contribution in [1.82, 2.24) is 5.32 Å². The highest BCUT2D eigenvalue weighted by Gasteiger charge is 2.46. The fourth-order valence-electron chi connectivity index (χ4n) is 3.47. The van der Waals surface area contributed by atoms with Gasteiger partial charge >= 0.3 is 0 Å². The van der Waals surface area contributed by atoms with Gasteiger partial charge in [0.25, 0.3) is 11.8 Å². The summed E-state index contributed by atoms with van der Waals surface area (Å²) in [6.07, 6.45) is -0.0514. The van der Waals surface area contributed by atoms with Crippen LogP contribution in [0.25, 0.3) is 0 Å². The van der Waals surface area contributed by atoms with E-state index in [0.717, 1.165) is 12.0 Å². The number of benzene rings is 2. The summed E-state index contributed by atoms with van der Waals surface area (Å²) in [4.78, 5) is 12.8. The minimum Gasteiger partial charge on any atom is -0.492 e. The maximum absolute atomic E-state index is 13.1. The van der Waals surface area contributed by atoms with Crippen LogP contribution in [0, 0.1) is 0 Å². The van der Waals surface area contributed by atoms with Crippen LogP contribution in [0.2, 0.25) is 0 Å². The van der Waals surface area contributed by atoms with Gasteiger partial charge in [-0.1, -0.05) is 12.1 Å². The topological polar surface area (TPSA) is 92.0 Å². The Hall–Kier alpha value is -2.78. The average Bonchev–Trinajstić information content (AvgIpc) is 2.72. The first kappa shape index (κ1) is 25.5. The Balaban J connectivity index is 0.00000363. The van der Waals surface area contributed by atoms with Crippen LogP contribution in [-0.2, 0) is 6.42 Å². The van der Waals surface area contributed by atoms with Gasteiger partial charge in [-0.05, 0) is 30.7 Å². The van der Waals surface area contributed by atoms with Gasteiger partial charge in [0, 0.05) is 24.9 Å². The summed E-state index contributed by atoms with van der Waals surface area (Å²) in [6, 6.07) is 8.16. The molecular weight excluding hydrogens is 446 g/mol. The van der Waals surface area contributed by atoms with E-state index < -0.39 is 30.7 Å². The van der Waals surface area contributed by atoms with Crippen molar-refractivity contribution in [2.75, 3.05) is 27.9 Å². The number of carbonyl (C=O) groups is 1. The van der Waals surface area contributed by atoms with Crippen LogP contribution >= 0.6 is 12.4 Å². The SMILES string of the molecule is COc1c(Oc2ccc(CCN)cc2)cc(C(=O)NC2CC(F)(F)C2)c(OC)c1OC.Cl.